The van der Waals surface area contributed by atoms with Gasteiger partial charge < -0.3 is 10.1 Å². The van der Waals surface area contributed by atoms with Crippen LogP contribution in [0.4, 0.5) is 17.2 Å². The van der Waals surface area contributed by atoms with Crippen molar-refractivity contribution in [2.75, 3.05) is 10.0 Å². The summed E-state index contributed by atoms with van der Waals surface area (Å²) in [5.41, 5.74) is 1.98. The average Bonchev–Trinajstić information content (AvgIpc) is 2.64. The molecule has 0 saturated carbocycles. The van der Waals surface area contributed by atoms with Crippen LogP contribution in [0.25, 0.3) is 0 Å². The lowest BCUT2D eigenvalue weighted by atomic mass is 10.2. The smallest absolute Gasteiger partial charge is 0.323 e. The van der Waals surface area contributed by atoms with Crippen LogP contribution in [0.3, 0.4) is 0 Å². The van der Waals surface area contributed by atoms with Crippen LogP contribution in [0.5, 0.6) is 11.8 Å². The van der Waals surface area contributed by atoms with E-state index in [0.29, 0.717) is 22.9 Å². The Balaban J connectivity index is 1.80. The van der Waals surface area contributed by atoms with Crippen molar-refractivity contribution in [3.05, 3.63) is 66.4 Å². The Bertz CT molecular complexity index is 1090. The number of rotatable bonds is 6. The Morgan fingerprint density at radius 1 is 0.966 bits per heavy atom. The van der Waals surface area contributed by atoms with Crippen molar-refractivity contribution >= 4 is 27.2 Å². The van der Waals surface area contributed by atoms with E-state index < -0.39 is 14.8 Å². The highest BCUT2D eigenvalue weighted by atomic mass is 32.2. The third-order valence-corrected chi connectivity index (χ3v) is 6.20. The lowest BCUT2D eigenvalue weighted by Gasteiger charge is -2.20. The van der Waals surface area contributed by atoms with Crippen molar-refractivity contribution in [1.29, 1.82) is 0 Å². The van der Waals surface area contributed by atoms with E-state index >= 15 is 0 Å². The maximum absolute atomic E-state index is 12.4. The zero-order valence-electron chi connectivity index (χ0n) is 16.8. The van der Waals surface area contributed by atoms with Crippen LogP contribution in [0.2, 0.25) is 0 Å². The van der Waals surface area contributed by atoms with Gasteiger partial charge in [-0.1, -0.05) is 24.3 Å². The van der Waals surface area contributed by atoms with E-state index in [-0.39, 0.29) is 6.01 Å². The molecule has 0 radical (unpaired) electrons. The van der Waals surface area contributed by atoms with Crippen LogP contribution < -0.4 is 14.8 Å². The number of sulfonamides is 1. The predicted molar refractivity (Wildman–Crippen MR) is 115 cm³/mol. The first kappa shape index (κ1) is 20.6. The van der Waals surface area contributed by atoms with Crippen LogP contribution in [0.1, 0.15) is 26.3 Å². The van der Waals surface area contributed by atoms with Gasteiger partial charge in [-0.3, -0.25) is 4.72 Å². The molecule has 1 aromatic heterocycles. The minimum atomic E-state index is -3.51. The molecule has 0 aliphatic rings. The summed E-state index contributed by atoms with van der Waals surface area (Å²) in [5.74, 6) is 1.21. The third kappa shape index (κ3) is 5.23. The Hall–Kier alpha value is -3.13. The molecule has 8 heteroatoms. The second-order valence-electron chi connectivity index (χ2n) is 7.52. The lowest BCUT2D eigenvalue weighted by molar-refractivity contribution is 0.442. The molecule has 7 nitrogen and oxygen atoms in total. The van der Waals surface area contributed by atoms with Crippen LogP contribution >= 0.6 is 0 Å². The quantitative estimate of drug-likeness (QED) is 0.600. The molecule has 0 aliphatic carbocycles. The Morgan fingerprint density at radius 3 is 2.34 bits per heavy atom. The molecule has 2 aromatic carbocycles. The number of benzene rings is 2. The van der Waals surface area contributed by atoms with Gasteiger partial charge in [-0.15, -0.1) is 0 Å². The summed E-state index contributed by atoms with van der Waals surface area (Å²) in [6.45, 7) is 6.82. The van der Waals surface area contributed by atoms with Crippen molar-refractivity contribution in [2.24, 2.45) is 0 Å². The van der Waals surface area contributed by atoms with Crippen LogP contribution in [0, 0.1) is 6.92 Å². The van der Waals surface area contributed by atoms with Gasteiger partial charge in [-0.2, -0.15) is 4.98 Å². The van der Waals surface area contributed by atoms with Crippen LogP contribution in [-0.2, 0) is 10.0 Å². The first-order valence-electron chi connectivity index (χ1n) is 9.10. The third-order valence-electron chi connectivity index (χ3n) is 4.09. The first-order chi connectivity index (χ1) is 13.6. The van der Waals surface area contributed by atoms with Gasteiger partial charge >= 0.3 is 6.01 Å². The highest BCUT2D eigenvalue weighted by molar-refractivity contribution is 7.94. The monoisotopic (exact) mass is 412 g/mol. The summed E-state index contributed by atoms with van der Waals surface area (Å²) in [4.78, 5) is 8.63. The molecular formula is C21H24N4O3S. The number of aryl methyl sites for hydroxylation is 1. The number of hydrogen-bond acceptors (Lipinski definition) is 6. The van der Waals surface area contributed by atoms with Gasteiger partial charge in [-0.05, 0) is 58.0 Å². The second kappa shape index (κ2) is 8.08. The van der Waals surface area contributed by atoms with Crippen molar-refractivity contribution in [3.63, 3.8) is 0 Å². The van der Waals surface area contributed by atoms with Crippen LogP contribution in [0.15, 0.2) is 60.8 Å². The van der Waals surface area contributed by atoms with Gasteiger partial charge in [0.1, 0.15) is 11.6 Å². The highest BCUT2D eigenvalue weighted by Gasteiger charge is 2.28. The molecule has 3 aromatic rings. The minimum Gasteiger partial charge on any atom is -0.424 e. The molecule has 0 spiro atoms. The van der Waals surface area contributed by atoms with Crippen molar-refractivity contribution < 1.29 is 13.2 Å². The van der Waals surface area contributed by atoms with E-state index in [9.17, 15) is 8.42 Å². The van der Waals surface area contributed by atoms with Crippen molar-refractivity contribution in [3.8, 4) is 11.8 Å². The maximum atomic E-state index is 12.4. The number of anilines is 3. The fraction of sp³-hybridized carbons (Fsp3) is 0.238. The number of para-hydroxylation sites is 1. The number of aromatic nitrogens is 2. The topological polar surface area (TPSA) is 93.2 Å². The van der Waals surface area contributed by atoms with Gasteiger partial charge in [0, 0.05) is 17.4 Å². The fourth-order valence-electron chi connectivity index (χ4n) is 2.30. The fourth-order valence-corrected chi connectivity index (χ4v) is 3.04. The Labute approximate surface area is 171 Å². The SMILES string of the molecule is Cc1cnc(Oc2ccccc2)nc1Nc1cccc(NS(=O)(=O)C(C)(C)C)c1. The van der Waals surface area contributed by atoms with Crippen LogP contribution in [-0.4, -0.2) is 23.1 Å². The van der Waals surface area contributed by atoms with E-state index in [2.05, 4.69) is 20.0 Å². The first-order valence-corrected chi connectivity index (χ1v) is 10.6. The Morgan fingerprint density at radius 2 is 1.66 bits per heavy atom. The summed E-state index contributed by atoms with van der Waals surface area (Å²) in [5, 5.41) is 3.20. The molecule has 152 valence electrons. The molecule has 0 atom stereocenters. The summed E-state index contributed by atoms with van der Waals surface area (Å²) >= 11 is 0. The average molecular weight is 413 g/mol. The second-order valence-corrected chi connectivity index (χ2v) is 9.96. The Kier molecular flexibility index (Phi) is 5.74. The van der Waals surface area contributed by atoms with E-state index in [1.807, 2.05) is 43.3 Å². The largest absolute Gasteiger partial charge is 0.424 e. The molecule has 3 rings (SSSR count). The van der Waals surface area contributed by atoms with Gasteiger partial charge in [0.15, 0.2) is 0 Å². The zero-order valence-corrected chi connectivity index (χ0v) is 17.6. The minimum absolute atomic E-state index is 0.217. The highest BCUT2D eigenvalue weighted by Crippen LogP contribution is 2.26. The van der Waals surface area contributed by atoms with E-state index in [0.717, 1.165) is 5.56 Å². The summed E-state index contributed by atoms with van der Waals surface area (Å²) in [7, 11) is -3.51. The lowest BCUT2D eigenvalue weighted by Crippen LogP contribution is -2.33. The summed E-state index contributed by atoms with van der Waals surface area (Å²) < 4.78 is 32.2. The molecule has 0 bridgehead atoms. The molecule has 29 heavy (non-hydrogen) atoms. The molecule has 1 heterocycles. The molecule has 2 N–H and O–H groups in total. The van der Waals surface area contributed by atoms with Crippen molar-refractivity contribution in [1.82, 2.24) is 9.97 Å². The molecule has 0 fully saturated rings. The standard InChI is InChI=1S/C21H24N4O3S/c1-15-14-22-20(28-18-11-6-5-7-12-18)24-19(15)23-16-9-8-10-17(13-16)25-29(26,27)21(2,3)4/h5-14,25H,1-4H3,(H,22,23,24). The summed E-state index contributed by atoms with van der Waals surface area (Å²) in [6.07, 6.45) is 1.67. The number of nitrogens with zero attached hydrogens (tertiary/aromatic N) is 2. The van der Waals surface area contributed by atoms with Gasteiger partial charge in [0.2, 0.25) is 10.0 Å². The van der Waals surface area contributed by atoms with Gasteiger partial charge in [0.25, 0.3) is 0 Å². The maximum Gasteiger partial charge on any atom is 0.323 e. The zero-order chi connectivity index (χ0) is 21.1. The van der Waals surface area contributed by atoms with E-state index in [1.165, 1.54) is 0 Å². The molecular weight excluding hydrogens is 388 g/mol. The van der Waals surface area contributed by atoms with E-state index in [1.54, 1.807) is 45.2 Å². The number of nitrogens with one attached hydrogen (secondary N) is 2. The molecule has 0 aliphatic heterocycles. The summed E-state index contributed by atoms with van der Waals surface area (Å²) in [6, 6.07) is 16.5. The van der Waals surface area contributed by atoms with Gasteiger partial charge in [-0.25, -0.2) is 13.4 Å². The molecule has 0 amide bonds. The predicted octanol–water partition coefficient (Wildman–Crippen LogP) is 4.86. The molecule has 0 unspecified atom stereocenters. The molecule has 0 saturated heterocycles. The van der Waals surface area contributed by atoms with Gasteiger partial charge in [0.05, 0.1) is 10.4 Å². The normalized spacial score (nSPS) is 11.7. The van der Waals surface area contributed by atoms with Crippen molar-refractivity contribution in [2.45, 2.75) is 32.4 Å². The van der Waals surface area contributed by atoms with E-state index in [4.69, 9.17) is 4.74 Å². The number of hydrogen-bond donors (Lipinski definition) is 2. The number of ether oxygens (including phenoxy) is 1.